The van der Waals surface area contributed by atoms with Crippen LogP contribution in [0.15, 0.2) is 48.7 Å². The Labute approximate surface area is 170 Å². The third kappa shape index (κ3) is 4.83. The van der Waals surface area contributed by atoms with E-state index in [0.29, 0.717) is 12.3 Å². The van der Waals surface area contributed by atoms with Crippen molar-refractivity contribution in [2.45, 2.75) is 39.7 Å². The second kappa shape index (κ2) is 8.90. The van der Waals surface area contributed by atoms with Gasteiger partial charge in [-0.3, -0.25) is 9.36 Å². The molecule has 3 rings (SSSR count). The quantitative estimate of drug-likeness (QED) is 0.624. The summed E-state index contributed by atoms with van der Waals surface area (Å²) in [5, 5.41) is 3.76. The van der Waals surface area contributed by atoms with Crippen molar-refractivity contribution >= 4 is 22.9 Å². The maximum Gasteiger partial charge on any atom is 0.328 e. The van der Waals surface area contributed by atoms with Gasteiger partial charge in [-0.1, -0.05) is 26.0 Å². The van der Waals surface area contributed by atoms with Crippen LogP contribution < -0.4 is 5.32 Å². The van der Waals surface area contributed by atoms with E-state index in [9.17, 15) is 9.59 Å². The minimum atomic E-state index is -0.700. The minimum Gasteiger partial charge on any atom is -0.467 e. The van der Waals surface area contributed by atoms with Crippen molar-refractivity contribution in [2.24, 2.45) is 5.92 Å². The lowest BCUT2D eigenvalue weighted by Crippen LogP contribution is -2.41. The molecule has 0 aliphatic heterocycles. The van der Waals surface area contributed by atoms with Crippen molar-refractivity contribution in [2.75, 3.05) is 7.11 Å². The van der Waals surface area contributed by atoms with E-state index in [1.165, 1.54) is 19.7 Å². The number of ether oxygens (including phenoxy) is 1. The summed E-state index contributed by atoms with van der Waals surface area (Å²) in [5.74, 6) is -0.194. The standard InChI is InChI=1S/C23H27N3O3/c1-15(2)12-20-14-18-6-5-11-24-22(18)26(20)19-9-7-17(8-10-19)13-21(23(28)29-4)25-16(3)27/h5-11,14-15,21H,12-13H2,1-4H3,(H,25,27)/t21-/m0/s1. The Kier molecular flexibility index (Phi) is 6.32. The van der Waals surface area contributed by atoms with Crippen LogP contribution >= 0.6 is 0 Å². The molecule has 6 nitrogen and oxygen atoms in total. The fourth-order valence-corrected chi connectivity index (χ4v) is 3.54. The van der Waals surface area contributed by atoms with Crippen molar-refractivity contribution in [3.63, 3.8) is 0 Å². The van der Waals surface area contributed by atoms with Crippen LogP contribution in [-0.4, -0.2) is 34.6 Å². The number of carbonyl (C=O) groups excluding carboxylic acids is 2. The first-order valence-electron chi connectivity index (χ1n) is 9.78. The van der Waals surface area contributed by atoms with Gasteiger partial charge >= 0.3 is 5.97 Å². The first-order valence-corrected chi connectivity index (χ1v) is 9.78. The molecule has 0 saturated heterocycles. The van der Waals surface area contributed by atoms with Gasteiger partial charge in [-0.25, -0.2) is 9.78 Å². The Morgan fingerprint density at radius 1 is 1.14 bits per heavy atom. The summed E-state index contributed by atoms with van der Waals surface area (Å²) >= 11 is 0. The van der Waals surface area contributed by atoms with Crippen LogP contribution in [0.1, 0.15) is 32.0 Å². The van der Waals surface area contributed by atoms with E-state index in [0.717, 1.165) is 28.7 Å². The number of fused-ring (bicyclic) bond motifs is 1. The van der Waals surface area contributed by atoms with Gasteiger partial charge < -0.3 is 10.1 Å². The van der Waals surface area contributed by atoms with E-state index in [2.05, 4.69) is 40.8 Å². The number of benzene rings is 1. The number of hydrogen-bond acceptors (Lipinski definition) is 4. The number of pyridine rings is 1. The molecule has 0 aliphatic carbocycles. The summed E-state index contributed by atoms with van der Waals surface area (Å²) in [6.45, 7) is 5.79. The smallest absolute Gasteiger partial charge is 0.328 e. The number of nitrogens with one attached hydrogen (secondary N) is 1. The van der Waals surface area contributed by atoms with Crippen LogP contribution in [0.4, 0.5) is 0 Å². The third-order valence-corrected chi connectivity index (χ3v) is 4.75. The molecule has 0 saturated carbocycles. The minimum absolute atomic E-state index is 0.264. The normalized spacial score (nSPS) is 12.2. The van der Waals surface area contributed by atoms with Gasteiger partial charge in [-0.05, 0) is 48.2 Å². The van der Waals surface area contributed by atoms with Crippen LogP contribution in [-0.2, 0) is 27.2 Å². The van der Waals surface area contributed by atoms with Gasteiger partial charge in [0, 0.05) is 36.3 Å². The number of esters is 1. The SMILES string of the molecule is COC(=O)[C@H](Cc1ccc(-n2c(CC(C)C)cc3cccnc32)cc1)NC(C)=O. The lowest BCUT2D eigenvalue weighted by atomic mass is 10.0. The third-order valence-electron chi connectivity index (χ3n) is 4.75. The summed E-state index contributed by atoms with van der Waals surface area (Å²) in [7, 11) is 1.32. The van der Waals surface area contributed by atoms with Gasteiger partial charge in [0.05, 0.1) is 7.11 Å². The molecule has 2 aromatic heterocycles. The zero-order valence-electron chi connectivity index (χ0n) is 17.3. The van der Waals surface area contributed by atoms with E-state index in [1.54, 1.807) is 6.20 Å². The Hall–Kier alpha value is -3.15. The second-order valence-electron chi connectivity index (χ2n) is 7.63. The molecule has 2 heterocycles. The summed E-state index contributed by atoms with van der Waals surface area (Å²) < 4.78 is 6.99. The zero-order valence-corrected chi connectivity index (χ0v) is 17.3. The highest BCUT2D eigenvalue weighted by Crippen LogP contribution is 2.25. The molecule has 0 bridgehead atoms. The van der Waals surface area contributed by atoms with Crippen LogP contribution in [0.5, 0.6) is 0 Å². The van der Waals surface area contributed by atoms with Gasteiger partial charge in [-0.2, -0.15) is 0 Å². The molecule has 29 heavy (non-hydrogen) atoms. The molecule has 1 atom stereocenters. The van der Waals surface area contributed by atoms with Gasteiger partial charge in [0.25, 0.3) is 0 Å². The molecule has 0 radical (unpaired) electrons. The maximum atomic E-state index is 11.9. The molecule has 1 aromatic carbocycles. The highest BCUT2D eigenvalue weighted by atomic mass is 16.5. The largest absolute Gasteiger partial charge is 0.467 e. The summed E-state index contributed by atoms with van der Waals surface area (Å²) in [6.07, 6.45) is 3.13. The van der Waals surface area contributed by atoms with Crippen molar-refractivity contribution in [1.82, 2.24) is 14.9 Å². The lowest BCUT2D eigenvalue weighted by molar-refractivity contribution is -0.144. The molecular weight excluding hydrogens is 366 g/mol. The summed E-state index contributed by atoms with van der Waals surface area (Å²) in [5.41, 5.74) is 4.11. The molecule has 152 valence electrons. The number of hydrogen-bond donors (Lipinski definition) is 1. The fourth-order valence-electron chi connectivity index (χ4n) is 3.54. The van der Waals surface area contributed by atoms with Crippen LogP contribution in [0.2, 0.25) is 0 Å². The molecule has 6 heteroatoms. The molecule has 1 N–H and O–H groups in total. The maximum absolute atomic E-state index is 11.9. The average molecular weight is 393 g/mol. The number of rotatable bonds is 7. The predicted molar refractivity (Wildman–Crippen MR) is 113 cm³/mol. The van der Waals surface area contributed by atoms with Crippen LogP contribution in [0.25, 0.3) is 16.7 Å². The van der Waals surface area contributed by atoms with Crippen LogP contribution in [0, 0.1) is 5.92 Å². The molecule has 0 spiro atoms. The van der Waals surface area contributed by atoms with E-state index in [-0.39, 0.29) is 5.91 Å². The van der Waals surface area contributed by atoms with Gasteiger partial charge in [-0.15, -0.1) is 0 Å². The Morgan fingerprint density at radius 2 is 1.86 bits per heavy atom. The first kappa shape index (κ1) is 20.6. The summed E-state index contributed by atoms with van der Waals surface area (Å²) in [6, 6.07) is 13.5. The molecular formula is C23H27N3O3. The topological polar surface area (TPSA) is 73.2 Å². The lowest BCUT2D eigenvalue weighted by Gasteiger charge is -2.16. The monoisotopic (exact) mass is 393 g/mol. The number of methoxy groups -OCH3 is 1. The number of aromatic nitrogens is 2. The van der Waals surface area contributed by atoms with Crippen molar-refractivity contribution in [1.29, 1.82) is 0 Å². The average Bonchev–Trinajstić information content (AvgIpc) is 3.04. The summed E-state index contributed by atoms with van der Waals surface area (Å²) in [4.78, 5) is 27.9. The number of nitrogens with zero attached hydrogens (tertiary/aromatic N) is 2. The highest BCUT2D eigenvalue weighted by Gasteiger charge is 2.20. The molecule has 3 aromatic rings. The first-order chi connectivity index (χ1) is 13.9. The van der Waals surface area contributed by atoms with E-state index in [4.69, 9.17) is 4.74 Å². The number of amides is 1. The predicted octanol–water partition coefficient (Wildman–Crippen LogP) is 3.44. The molecule has 0 aliphatic rings. The van der Waals surface area contributed by atoms with Gasteiger partial charge in [0.2, 0.25) is 5.91 Å². The molecule has 1 amide bonds. The van der Waals surface area contributed by atoms with E-state index in [1.807, 2.05) is 30.3 Å². The van der Waals surface area contributed by atoms with Crippen molar-refractivity contribution in [3.8, 4) is 5.69 Å². The Balaban J connectivity index is 1.92. The Bertz CT molecular complexity index is 1010. The number of carbonyl (C=O) groups is 2. The molecule has 0 unspecified atom stereocenters. The van der Waals surface area contributed by atoms with Crippen LogP contribution in [0.3, 0.4) is 0 Å². The van der Waals surface area contributed by atoms with Crippen molar-refractivity contribution < 1.29 is 14.3 Å². The molecule has 0 fully saturated rings. The van der Waals surface area contributed by atoms with E-state index >= 15 is 0 Å². The Morgan fingerprint density at radius 3 is 2.48 bits per heavy atom. The van der Waals surface area contributed by atoms with Crippen molar-refractivity contribution in [3.05, 3.63) is 59.9 Å². The highest BCUT2D eigenvalue weighted by molar-refractivity contribution is 5.83. The fraction of sp³-hybridized carbons (Fsp3) is 0.348. The van der Waals surface area contributed by atoms with Gasteiger partial charge in [0.1, 0.15) is 11.7 Å². The van der Waals surface area contributed by atoms with E-state index < -0.39 is 12.0 Å². The van der Waals surface area contributed by atoms with Gasteiger partial charge in [0.15, 0.2) is 0 Å². The second-order valence-corrected chi connectivity index (χ2v) is 7.63. The zero-order chi connectivity index (χ0) is 21.0.